The maximum absolute atomic E-state index is 11.7. The van der Waals surface area contributed by atoms with Gasteiger partial charge in [0.15, 0.2) is 11.5 Å². The fourth-order valence-corrected chi connectivity index (χ4v) is 4.47. The van der Waals surface area contributed by atoms with Crippen LogP contribution in [0.2, 0.25) is 0 Å². The number of benzene rings is 3. The minimum Gasteiger partial charge on any atom is -0.493 e. The molecule has 0 bridgehead atoms. The lowest BCUT2D eigenvalue weighted by Crippen LogP contribution is -2.30. The number of hydrogen-bond acceptors (Lipinski definition) is 5. The van der Waals surface area contributed by atoms with E-state index in [9.17, 15) is 15.0 Å². The Morgan fingerprint density at radius 3 is 2.52 bits per heavy atom. The Morgan fingerprint density at radius 1 is 0.970 bits per heavy atom. The molecule has 0 saturated carbocycles. The summed E-state index contributed by atoms with van der Waals surface area (Å²) in [5.41, 5.74) is 0.651. The zero-order chi connectivity index (χ0) is 23.3. The van der Waals surface area contributed by atoms with E-state index < -0.39 is 11.6 Å². The highest BCUT2D eigenvalue weighted by Crippen LogP contribution is 2.36. The third-order valence-corrected chi connectivity index (χ3v) is 6.17. The van der Waals surface area contributed by atoms with Crippen molar-refractivity contribution in [1.29, 1.82) is 0 Å². The van der Waals surface area contributed by atoms with Gasteiger partial charge in [0, 0.05) is 13.1 Å². The van der Waals surface area contributed by atoms with Crippen LogP contribution in [0.3, 0.4) is 0 Å². The standard InChI is InChI=1S/C27H29NO5/c1-32-24-12-4-5-13-25(24)33-21-9-6-8-20(18-21)19-28-16-7-14-27(31,15-17-28)23-11-3-2-10-22(23)26(29)30/h2-6,8-13,18,31H,7,14-17,19H2,1H3,(H,29,30). The van der Waals surface area contributed by atoms with Crippen molar-refractivity contribution in [3.05, 3.63) is 89.5 Å². The number of rotatable bonds is 7. The molecule has 0 aromatic heterocycles. The van der Waals surface area contributed by atoms with Crippen LogP contribution in [0.15, 0.2) is 72.8 Å². The Kier molecular flexibility index (Phi) is 6.96. The Balaban J connectivity index is 1.45. The average Bonchev–Trinajstić information content (AvgIpc) is 3.02. The van der Waals surface area contributed by atoms with E-state index in [-0.39, 0.29) is 5.56 Å². The van der Waals surface area contributed by atoms with Crippen LogP contribution in [0.5, 0.6) is 17.2 Å². The molecule has 1 heterocycles. The minimum absolute atomic E-state index is 0.176. The fraction of sp³-hybridized carbons (Fsp3) is 0.296. The first-order valence-electron chi connectivity index (χ1n) is 11.2. The van der Waals surface area contributed by atoms with Gasteiger partial charge in [0.05, 0.1) is 18.3 Å². The van der Waals surface area contributed by atoms with Crippen LogP contribution in [0.25, 0.3) is 0 Å². The Labute approximate surface area is 194 Å². The molecule has 33 heavy (non-hydrogen) atoms. The summed E-state index contributed by atoms with van der Waals surface area (Å²) >= 11 is 0. The first kappa shape index (κ1) is 22.8. The van der Waals surface area contributed by atoms with Gasteiger partial charge in [0.2, 0.25) is 0 Å². The van der Waals surface area contributed by atoms with Crippen molar-refractivity contribution in [3.8, 4) is 17.2 Å². The van der Waals surface area contributed by atoms with Gasteiger partial charge < -0.3 is 19.7 Å². The predicted molar refractivity (Wildman–Crippen MR) is 126 cm³/mol. The van der Waals surface area contributed by atoms with Crippen LogP contribution in [0.4, 0.5) is 0 Å². The minimum atomic E-state index is -1.14. The second-order valence-corrected chi connectivity index (χ2v) is 8.41. The van der Waals surface area contributed by atoms with Gasteiger partial charge in [-0.15, -0.1) is 0 Å². The summed E-state index contributed by atoms with van der Waals surface area (Å²) in [5, 5.41) is 20.9. The number of carbonyl (C=O) groups is 1. The van der Waals surface area contributed by atoms with Gasteiger partial charge in [-0.05, 0) is 67.3 Å². The first-order chi connectivity index (χ1) is 16.0. The molecule has 172 valence electrons. The van der Waals surface area contributed by atoms with E-state index in [2.05, 4.69) is 11.0 Å². The summed E-state index contributed by atoms with van der Waals surface area (Å²) in [5.74, 6) is 1.07. The van der Waals surface area contributed by atoms with Crippen LogP contribution in [-0.2, 0) is 12.1 Å². The van der Waals surface area contributed by atoms with E-state index in [1.807, 2.05) is 42.5 Å². The van der Waals surface area contributed by atoms with Crippen LogP contribution < -0.4 is 9.47 Å². The van der Waals surface area contributed by atoms with Crippen molar-refractivity contribution in [2.45, 2.75) is 31.4 Å². The van der Waals surface area contributed by atoms with Gasteiger partial charge in [0.25, 0.3) is 0 Å². The maximum Gasteiger partial charge on any atom is 0.336 e. The number of carboxylic acid groups (broad SMARTS) is 1. The molecule has 1 unspecified atom stereocenters. The van der Waals surface area contributed by atoms with Crippen LogP contribution >= 0.6 is 0 Å². The molecule has 1 atom stereocenters. The van der Waals surface area contributed by atoms with Crippen LogP contribution in [-0.4, -0.2) is 41.3 Å². The molecule has 6 heteroatoms. The van der Waals surface area contributed by atoms with E-state index in [1.54, 1.807) is 31.4 Å². The highest BCUT2D eigenvalue weighted by Gasteiger charge is 2.35. The van der Waals surface area contributed by atoms with E-state index >= 15 is 0 Å². The Bertz CT molecular complexity index is 1110. The van der Waals surface area contributed by atoms with Gasteiger partial charge in [-0.25, -0.2) is 4.79 Å². The van der Waals surface area contributed by atoms with Crippen molar-refractivity contribution in [3.63, 3.8) is 0 Å². The number of ether oxygens (including phenoxy) is 2. The normalized spacial score (nSPS) is 19.0. The quantitative estimate of drug-likeness (QED) is 0.527. The van der Waals surface area contributed by atoms with E-state index in [1.165, 1.54) is 0 Å². The first-order valence-corrected chi connectivity index (χ1v) is 11.2. The number of methoxy groups -OCH3 is 1. The monoisotopic (exact) mass is 447 g/mol. The molecule has 0 spiro atoms. The van der Waals surface area contributed by atoms with Crippen molar-refractivity contribution < 1.29 is 24.5 Å². The molecule has 1 aliphatic heterocycles. The molecule has 1 aliphatic rings. The number of likely N-dealkylation sites (tertiary alicyclic amines) is 1. The van der Waals surface area contributed by atoms with Crippen LogP contribution in [0, 0.1) is 0 Å². The number of aromatic carboxylic acids is 1. The predicted octanol–water partition coefficient (Wildman–Crippen LogP) is 5.06. The molecule has 0 aliphatic carbocycles. The Hall–Kier alpha value is -3.35. The van der Waals surface area contributed by atoms with E-state index in [0.717, 1.165) is 30.8 Å². The lowest BCUT2D eigenvalue weighted by atomic mass is 9.84. The molecule has 4 rings (SSSR count). The van der Waals surface area contributed by atoms with Crippen molar-refractivity contribution in [2.75, 3.05) is 20.2 Å². The zero-order valence-electron chi connectivity index (χ0n) is 18.7. The third kappa shape index (κ3) is 5.35. The van der Waals surface area contributed by atoms with E-state index in [4.69, 9.17) is 9.47 Å². The number of para-hydroxylation sites is 2. The topological polar surface area (TPSA) is 79.2 Å². The molecule has 1 fully saturated rings. The number of carboxylic acids is 1. The lowest BCUT2D eigenvalue weighted by Gasteiger charge is -2.29. The highest BCUT2D eigenvalue weighted by molar-refractivity contribution is 5.89. The summed E-state index contributed by atoms with van der Waals surface area (Å²) in [6.45, 7) is 2.22. The van der Waals surface area contributed by atoms with Crippen LogP contribution in [0.1, 0.15) is 40.7 Å². The number of nitrogens with zero attached hydrogens (tertiary/aromatic N) is 1. The summed E-state index contributed by atoms with van der Waals surface area (Å²) < 4.78 is 11.4. The smallest absolute Gasteiger partial charge is 0.336 e. The van der Waals surface area contributed by atoms with Gasteiger partial charge in [0.1, 0.15) is 5.75 Å². The summed E-state index contributed by atoms with van der Waals surface area (Å²) in [6.07, 6.45) is 1.79. The van der Waals surface area contributed by atoms with Gasteiger partial charge in [-0.1, -0.05) is 42.5 Å². The molecule has 2 N–H and O–H groups in total. The van der Waals surface area contributed by atoms with Gasteiger partial charge in [-0.3, -0.25) is 4.90 Å². The number of aliphatic hydroxyl groups is 1. The summed E-state index contributed by atoms with van der Waals surface area (Å²) in [7, 11) is 1.62. The second-order valence-electron chi connectivity index (χ2n) is 8.41. The molecule has 3 aromatic carbocycles. The van der Waals surface area contributed by atoms with Gasteiger partial charge in [-0.2, -0.15) is 0 Å². The zero-order valence-corrected chi connectivity index (χ0v) is 18.7. The SMILES string of the molecule is COc1ccccc1Oc1cccc(CN2CCCC(O)(c3ccccc3C(=O)O)CC2)c1. The maximum atomic E-state index is 11.7. The highest BCUT2D eigenvalue weighted by atomic mass is 16.5. The summed E-state index contributed by atoms with van der Waals surface area (Å²) in [4.78, 5) is 14.0. The van der Waals surface area contributed by atoms with Crippen molar-refractivity contribution >= 4 is 5.97 Å². The van der Waals surface area contributed by atoms with Gasteiger partial charge >= 0.3 is 5.97 Å². The Morgan fingerprint density at radius 2 is 1.73 bits per heavy atom. The number of hydrogen-bond donors (Lipinski definition) is 2. The third-order valence-electron chi connectivity index (χ3n) is 6.17. The molecule has 0 radical (unpaired) electrons. The van der Waals surface area contributed by atoms with E-state index in [0.29, 0.717) is 36.4 Å². The molecular formula is C27H29NO5. The molecule has 0 amide bonds. The molecular weight excluding hydrogens is 418 g/mol. The average molecular weight is 448 g/mol. The fourth-order valence-electron chi connectivity index (χ4n) is 4.47. The summed E-state index contributed by atoms with van der Waals surface area (Å²) in [6, 6.07) is 22.3. The van der Waals surface area contributed by atoms with Crippen molar-refractivity contribution in [2.24, 2.45) is 0 Å². The van der Waals surface area contributed by atoms with Crippen molar-refractivity contribution in [1.82, 2.24) is 4.90 Å². The molecule has 3 aromatic rings. The molecule has 1 saturated heterocycles. The molecule has 6 nitrogen and oxygen atoms in total. The second kappa shape index (κ2) is 10.1. The lowest BCUT2D eigenvalue weighted by molar-refractivity contribution is 0.0190. The largest absolute Gasteiger partial charge is 0.493 e.